The van der Waals surface area contributed by atoms with E-state index in [0.29, 0.717) is 12.0 Å². The lowest BCUT2D eigenvalue weighted by molar-refractivity contribution is 0.114. The van der Waals surface area contributed by atoms with E-state index < -0.39 is 0 Å². The van der Waals surface area contributed by atoms with Gasteiger partial charge in [-0.3, -0.25) is 4.99 Å². The van der Waals surface area contributed by atoms with Crippen LogP contribution < -0.4 is 5.32 Å². The molecule has 2 atom stereocenters. The van der Waals surface area contributed by atoms with Crippen LogP contribution in [0.3, 0.4) is 0 Å². The summed E-state index contributed by atoms with van der Waals surface area (Å²) in [5, 5.41) is 3.80. The van der Waals surface area contributed by atoms with Crippen molar-refractivity contribution in [1.82, 2.24) is 10.2 Å². The van der Waals surface area contributed by atoms with Crippen molar-refractivity contribution in [1.29, 1.82) is 0 Å². The van der Waals surface area contributed by atoms with Gasteiger partial charge in [0.1, 0.15) is 5.76 Å². The Labute approximate surface area is 197 Å². The molecule has 1 N–H and O–H groups in total. The molecule has 1 fully saturated rings. The van der Waals surface area contributed by atoms with Gasteiger partial charge in [-0.15, -0.1) is 24.0 Å². The van der Waals surface area contributed by atoms with Crippen LogP contribution >= 0.6 is 24.0 Å². The fourth-order valence-corrected chi connectivity index (χ4v) is 4.41. The summed E-state index contributed by atoms with van der Waals surface area (Å²) < 4.78 is 11.1. The third-order valence-electron chi connectivity index (χ3n) is 6.02. The summed E-state index contributed by atoms with van der Waals surface area (Å²) in [6, 6.07) is 13.2. The van der Waals surface area contributed by atoms with Gasteiger partial charge < -0.3 is 19.4 Å². The molecule has 4 rings (SSSR count). The summed E-state index contributed by atoms with van der Waals surface area (Å²) in [6.45, 7) is 6.52. The Morgan fingerprint density at radius 1 is 1.20 bits per heavy atom. The first kappa shape index (κ1) is 23.1. The SMILES string of the molecule is CCOCC1CCN(C(=NCCc2ccco2)NC2CCc3ccccc3C2)C1.I. The van der Waals surface area contributed by atoms with E-state index in [4.69, 9.17) is 14.1 Å². The first-order valence-corrected chi connectivity index (χ1v) is 11.0. The van der Waals surface area contributed by atoms with Crippen molar-refractivity contribution in [3.63, 3.8) is 0 Å². The second-order valence-electron chi connectivity index (χ2n) is 8.15. The number of benzene rings is 1. The first-order valence-electron chi connectivity index (χ1n) is 11.0. The number of nitrogens with one attached hydrogen (secondary N) is 1. The van der Waals surface area contributed by atoms with Crippen LogP contribution in [0.25, 0.3) is 0 Å². The Hall–Kier alpha value is -1.54. The van der Waals surface area contributed by atoms with Crippen molar-refractivity contribution in [3.8, 4) is 0 Å². The molecule has 0 spiro atoms. The fourth-order valence-electron chi connectivity index (χ4n) is 4.41. The van der Waals surface area contributed by atoms with Gasteiger partial charge in [-0.1, -0.05) is 24.3 Å². The Balaban J connectivity index is 0.00000256. The van der Waals surface area contributed by atoms with Crippen molar-refractivity contribution >= 4 is 29.9 Å². The highest BCUT2D eigenvalue weighted by Gasteiger charge is 2.27. The summed E-state index contributed by atoms with van der Waals surface area (Å²) in [6.07, 6.45) is 7.11. The summed E-state index contributed by atoms with van der Waals surface area (Å²) in [4.78, 5) is 7.40. The molecule has 1 aliphatic carbocycles. The number of hydrogen-bond acceptors (Lipinski definition) is 3. The standard InChI is InChI=1S/C24H33N3O2.HI/c1-2-28-18-19-12-14-27(17-19)24(25-13-11-23-8-5-15-29-23)26-22-10-9-20-6-3-4-7-21(20)16-22;/h3-8,15,19,22H,2,9-14,16-18H2,1H3,(H,25,26);1H. The number of aryl methyl sites for hydroxylation is 1. The lowest BCUT2D eigenvalue weighted by Crippen LogP contribution is -2.47. The van der Waals surface area contributed by atoms with Crippen molar-refractivity contribution in [2.45, 2.75) is 45.1 Å². The minimum atomic E-state index is 0. The minimum absolute atomic E-state index is 0. The molecule has 0 saturated carbocycles. The van der Waals surface area contributed by atoms with E-state index in [-0.39, 0.29) is 24.0 Å². The highest BCUT2D eigenvalue weighted by molar-refractivity contribution is 14.0. The number of guanidine groups is 1. The maximum Gasteiger partial charge on any atom is 0.194 e. The fraction of sp³-hybridized carbons (Fsp3) is 0.542. The smallest absolute Gasteiger partial charge is 0.194 e. The van der Waals surface area contributed by atoms with Crippen LogP contribution in [0.15, 0.2) is 52.1 Å². The monoisotopic (exact) mass is 523 g/mol. The van der Waals surface area contributed by atoms with Gasteiger partial charge in [-0.25, -0.2) is 0 Å². The van der Waals surface area contributed by atoms with E-state index in [1.165, 1.54) is 17.5 Å². The van der Waals surface area contributed by atoms with Gasteiger partial charge in [0.25, 0.3) is 0 Å². The van der Waals surface area contributed by atoms with Crippen LogP contribution in [0.5, 0.6) is 0 Å². The first-order chi connectivity index (χ1) is 14.3. The van der Waals surface area contributed by atoms with Gasteiger partial charge in [0.2, 0.25) is 0 Å². The Kier molecular flexibility index (Phi) is 9.05. The largest absolute Gasteiger partial charge is 0.469 e. The zero-order valence-corrected chi connectivity index (χ0v) is 20.2. The molecule has 0 radical (unpaired) electrons. The van der Waals surface area contributed by atoms with Crippen molar-refractivity contribution in [2.24, 2.45) is 10.9 Å². The quantitative estimate of drug-likeness (QED) is 0.334. The predicted octanol–water partition coefficient (Wildman–Crippen LogP) is 4.30. The van der Waals surface area contributed by atoms with Gasteiger partial charge in [0.15, 0.2) is 5.96 Å². The molecule has 30 heavy (non-hydrogen) atoms. The minimum Gasteiger partial charge on any atom is -0.469 e. The normalized spacial score (nSPS) is 21.2. The highest BCUT2D eigenvalue weighted by atomic mass is 127. The molecule has 0 amide bonds. The molecule has 2 aliphatic rings. The lowest BCUT2D eigenvalue weighted by Gasteiger charge is -2.30. The second kappa shape index (κ2) is 11.7. The summed E-state index contributed by atoms with van der Waals surface area (Å²) in [5.74, 6) is 2.65. The number of rotatable bonds is 7. The zero-order chi connectivity index (χ0) is 19.9. The molecule has 1 aromatic heterocycles. The van der Waals surface area contributed by atoms with Crippen molar-refractivity contribution in [3.05, 3.63) is 59.5 Å². The van der Waals surface area contributed by atoms with Crippen LogP contribution in [0.1, 0.15) is 36.7 Å². The number of fused-ring (bicyclic) bond motifs is 1. The molecule has 6 heteroatoms. The Bertz CT molecular complexity index is 794. The number of furan rings is 1. The maximum absolute atomic E-state index is 5.67. The summed E-state index contributed by atoms with van der Waals surface area (Å²) in [7, 11) is 0. The number of aliphatic imine (C=N–C) groups is 1. The summed E-state index contributed by atoms with van der Waals surface area (Å²) >= 11 is 0. The van der Waals surface area contributed by atoms with Crippen LogP contribution in [-0.2, 0) is 24.0 Å². The van der Waals surface area contributed by atoms with Crippen LogP contribution in [0, 0.1) is 5.92 Å². The second-order valence-corrected chi connectivity index (χ2v) is 8.15. The third kappa shape index (κ3) is 6.23. The molecule has 0 bridgehead atoms. The van der Waals surface area contributed by atoms with Gasteiger partial charge in [0.05, 0.1) is 12.9 Å². The number of hydrogen-bond donors (Lipinski definition) is 1. The third-order valence-corrected chi connectivity index (χ3v) is 6.02. The van der Waals surface area contributed by atoms with Crippen LogP contribution in [0.4, 0.5) is 0 Å². The van der Waals surface area contributed by atoms with E-state index in [0.717, 1.165) is 70.3 Å². The van der Waals surface area contributed by atoms with E-state index in [2.05, 4.69) is 41.4 Å². The average molecular weight is 523 g/mol. The molecule has 1 saturated heterocycles. The topological polar surface area (TPSA) is 50.0 Å². The highest BCUT2D eigenvalue weighted by Crippen LogP contribution is 2.22. The van der Waals surface area contributed by atoms with Crippen LogP contribution in [0.2, 0.25) is 0 Å². The Morgan fingerprint density at radius 3 is 2.87 bits per heavy atom. The maximum atomic E-state index is 5.67. The number of halogens is 1. The molecular weight excluding hydrogens is 489 g/mol. The molecule has 1 aromatic carbocycles. The molecule has 1 aliphatic heterocycles. The number of likely N-dealkylation sites (tertiary alicyclic amines) is 1. The predicted molar refractivity (Wildman–Crippen MR) is 132 cm³/mol. The van der Waals surface area contributed by atoms with E-state index in [1.54, 1.807) is 6.26 Å². The molecular formula is C24H34IN3O2. The molecule has 2 aromatic rings. The molecule has 164 valence electrons. The van der Waals surface area contributed by atoms with E-state index in [1.807, 2.05) is 12.1 Å². The Morgan fingerprint density at radius 2 is 2.07 bits per heavy atom. The van der Waals surface area contributed by atoms with Gasteiger partial charge >= 0.3 is 0 Å². The molecule has 2 heterocycles. The van der Waals surface area contributed by atoms with Crippen LogP contribution in [-0.4, -0.2) is 49.7 Å². The van der Waals surface area contributed by atoms with Gasteiger partial charge in [-0.05, 0) is 55.9 Å². The number of ether oxygens (including phenoxy) is 1. The molecule has 2 unspecified atom stereocenters. The lowest BCUT2D eigenvalue weighted by atomic mass is 9.88. The van der Waals surface area contributed by atoms with E-state index in [9.17, 15) is 0 Å². The molecule has 5 nitrogen and oxygen atoms in total. The average Bonchev–Trinajstić information content (AvgIpc) is 3.43. The van der Waals surface area contributed by atoms with Crippen molar-refractivity contribution < 1.29 is 9.15 Å². The van der Waals surface area contributed by atoms with Gasteiger partial charge in [-0.2, -0.15) is 0 Å². The van der Waals surface area contributed by atoms with Crippen molar-refractivity contribution in [2.75, 3.05) is 32.8 Å². The van der Waals surface area contributed by atoms with E-state index >= 15 is 0 Å². The summed E-state index contributed by atoms with van der Waals surface area (Å²) in [5.41, 5.74) is 2.97. The zero-order valence-electron chi connectivity index (χ0n) is 17.9. The number of nitrogens with zero attached hydrogens (tertiary/aromatic N) is 2. The van der Waals surface area contributed by atoms with Gasteiger partial charge in [0, 0.05) is 44.6 Å².